The van der Waals surface area contributed by atoms with Crippen molar-refractivity contribution in [2.24, 2.45) is 0 Å². The fraction of sp³-hybridized carbons (Fsp3) is 0.278. The number of aromatic nitrogens is 3. The number of aryl methyl sites for hydroxylation is 1. The lowest BCUT2D eigenvalue weighted by Crippen LogP contribution is -2.29. The van der Waals surface area contributed by atoms with Gasteiger partial charge in [0, 0.05) is 34.9 Å². The normalized spacial score (nSPS) is 10.9. The molecule has 1 amide bonds. The second-order valence-electron chi connectivity index (χ2n) is 6.07. The number of hydrogen-bond acceptors (Lipinski definition) is 4. The van der Waals surface area contributed by atoms with Crippen LogP contribution in [0.1, 0.15) is 34.0 Å². The van der Waals surface area contributed by atoms with E-state index >= 15 is 0 Å². The third-order valence-corrected chi connectivity index (χ3v) is 4.54. The molecular weight excluding hydrogens is 354 g/mol. The molecule has 0 saturated heterocycles. The first-order valence-corrected chi connectivity index (χ1v) is 8.67. The van der Waals surface area contributed by atoms with Crippen LogP contribution in [0, 0.1) is 13.8 Å². The molecule has 0 saturated carbocycles. The summed E-state index contributed by atoms with van der Waals surface area (Å²) >= 11 is 6.14. The van der Waals surface area contributed by atoms with Gasteiger partial charge in [0.1, 0.15) is 0 Å². The van der Waals surface area contributed by atoms with Crippen LogP contribution in [0.3, 0.4) is 0 Å². The zero-order chi connectivity index (χ0) is 18.8. The van der Waals surface area contributed by atoms with Gasteiger partial charge in [0.25, 0.3) is 11.5 Å². The van der Waals surface area contributed by atoms with Crippen molar-refractivity contribution in [3.8, 4) is 0 Å². The summed E-state index contributed by atoms with van der Waals surface area (Å²) in [6.07, 6.45) is 1.58. The number of hydrogen-bond donors (Lipinski definition) is 3. The van der Waals surface area contributed by atoms with Crippen LogP contribution in [0.4, 0.5) is 5.69 Å². The minimum absolute atomic E-state index is 0.119. The molecule has 0 atom stereocenters. The Hall–Kier alpha value is -2.80. The number of H-pyrrole nitrogens is 1. The Bertz CT molecular complexity index is 1040. The Morgan fingerprint density at radius 1 is 1.31 bits per heavy atom. The van der Waals surface area contributed by atoms with Gasteiger partial charge in [-0.15, -0.1) is 0 Å². The number of benzene rings is 1. The van der Waals surface area contributed by atoms with Gasteiger partial charge in [0.2, 0.25) is 0 Å². The first-order valence-electron chi connectivity index (χ1n) is 8.29. The molecule has 2 aromatic heterocycles. The van der Waals surface area contributed by atoms with Crippen LogP contribution in [0.25, 0.3) is 5.52 Å². The highest BCUT2D eigenvalue weighted by Gasteiger charge is 2.15. The molecule has 0 bridgehead atoms. The van der Waals surface area contributed by atoms with Crippen molar-refractivity contribution in [2.75, 3.05) is 11.9 Å². The summed E-state index contributed by atoms with van der Waals surface area (Å²) in [6, 6.07) is 5.27. The predicted molar refractivity (Wildman–Crippen MR) is 102 cm³/mol. The van der Waals surface area contributed by atoms with Crippen LogP contribution in [0.15, 0.2) is 29.2 Å². The Labute approximate surface area is 155 Å². The molecule has 3 aromatic rings. The van der Waals surface area contributed by atoms with E-state index in [-0.39, 0.29) is 18.0 Å². The maximum Gasteiger partial charge on any atom is 0.276 e. The topological polar surface area (TPSA) is 91.3 Å². The van der Waals surface area contributed by atoms with Gasteiger partial charge in [0.05, 0.1) is 11.7 Å². The van der Waals surface area contributed by atoms with Crippen LogP contribution in [0.5, 0.6) is 0 Å². The maximum atomic E-state index is 12.7. The maximum absolute atomic E-state index is 12.7. The molecule has 1 aromatic carbocycles. The van der Waals surface area contributed by atoms with Gasteiger partial charge in [-0.1, -0.05) is 11.6 Å². The largest absolute Gasteiger partial charge is 0.385 e. The number of nitrogens with one attached hydrogen (secondary N) is 3. The van der Waals surface area contributed by atoms with Crippen molar-refractivity contribution in [1.82, 2.24) is 20.1 Å². The second-order valence-corrected chi connectivity index (χ2v) is 6.50. The number of fused-ring (bicyclic) bond motifs is 1. The fourth-order valence-corrected chi connectivity index (χ4v) is 3.13. The third kappa shape index (κ3) is 3.30. The van der Waals surface area contributed by atoms with E-state index < -0.39 is 0 Å². The van der Waals surface area contributed by atoms with E-state index in [1.165, 1.54) is 4.52 Å². The van der Waals surface area contributed by atoms with E-state index in [1.54, 1.807) is 18.3 Å². The number of pyridine rings is 1. The van der Waals surface area contributed by atoms with Crippen molar-refractivity contribution in [3.63, 3.8) is 0 Å². The van der Waals surface area contributed by atoms with E-state index in [0.29, 0.717) is 21.7 Å². The van der Waals surface area contributed by atoms with Crippen LogP contribution in [-0.2, 0) is 6.54 Å². The number of aromatic amines is 1. The summed E-state index contributed by atoms with van der Waals surface area (Å²) < 4.78 is 1.35. The number of amides is 1. The second kappa shape index (κ2) is 7.21. The van der Waals surface area contributed by atoms with E-state index in [2.05, 4.69) is 20.9 Å². The number of carbonyl (C=O) groups is 1. The minimum atomic E-state index is -0.280. The zero-order valence-corrected chi connectivity index (χ0v) is 15.6. The van der Waals surface area contributed by atoms with E-state index in [0.717, 1.165) is 23.4 Å². The average molecular weight is 374 g/mol. The molecule has 26 heavy (non-hydrogen) atoms. The number of anilines is 1. The number of nitrogens with zero attached hydrogens (tertiary/aromatic N) is 2. The zero-order valence-electron chi connectivity index (χ0n) is 14.8. The molecule has 0 spiro atoms. The van der Waals surface area contributed by atoms with Gasteiger partial charge >= 0.3 is 0 Å². The third-order valence-electron chi connectivity index (χ3n) is 4.32. The SMILES string of the molecule is CCNc1cc(Cl)cc(C(=O)NCc2c(C)cc3cn[nH]n3c2=O)c1C. The van der Waals surface area contributed by atoms with Gasteiger partial charge in [-0.25, -0.2) is 9.73 Å². The number of halogens is 1. The minimum Gasteiger partial charge on any atom is -0.385 e. The molecule has 7 nitrogen and oxygen atoms in total. The summed E-state index contributed by atoms with van der Waals surface area (Å²) in [7, 11) is 0. The van der Waals surface area contributed by atoms with E-state index in [4.69, 9.17) is 11.6 Å². The standard InChI is InChI=1S/C18H20ClN5O2/c1-4-20-16-7-12(19)6-14(11(16)3)17(25)21-9-15-10(2)5-13-8-22-23-24(13)18(15)26/h5-8,20,23H,4,9H2,1-3H3,(H,21,25). The van der Waals surface area contributed by atoms with Gasteiger partial charge in [-0.05, 0) is 50.1 Å². The first-order chi connectivity index (χ1) is 12.4. The highest BCUT2D eigenvalue weighted by atomic mass is 35.5. The van der Waals surface area contributed by atoms with Gasteiger partial charge in [0.15, 0.2) is 0 Å². The monoisotopic (exact) mass is 373 g/mol. The molecule has 3 rings (SSSR count). The summed E-state index contributed by atoms with van der Waals surface area (Å²) in [5.41, 5.74) is 3.87. The lowest BCUT2D eigenvalue weighted by atomic mass is 10.1. The molecule has 2 heterocycles. The highest BCUT2D eigenvalue weighted by Crippen LogP contribution is 2.25. The van der Waals surface area contributed by atoms with Crippen molar-refractivity contribution in [1.29, 1.82) is 0 Å². The van der Waals surface area contributed by atoms with Crippen LogP contribution in [0.2, 0.25) is 5.02 Å². The van der Waals surface area contributed by atoms with Crippen molar-refractivity contribution in [3.05, 3.63) is 62.0 Å². The van der Waals surface area contributed by atoms with Crippen LogP contribution < -0.4 is 16.2 Å². The predicted octanol–water partition coefficient (Wildman–Crippen LogP) is 2.65. The lowest BCUT2D eigenvalue weighted by Gasteiger charge is -2.14. The molecule has 8 heteroatoms. The van der Waals surface area contributed by atoms with Gasteiger partial charge in [-0.3, -0.25) is 9.59 Å². The smallest absolute Gasteiger partial charge is 0.276 e. The summed E-state index contributed by atoms with van der Waals surface area (Å²) in [4.78, 5) is 25.2. The summed E-state index contributed by atoms with van der Waals surface area (Å²) in [5.74, 6) is -0.280. The molecule has 0 radical (unpaired) electrons. The van der Waals surface area contributed by atoms with Crippen LogP contribution in [-0.4, -0.2) is 27.3 Å². The lowest BCUT2D eigenvalue weighted by molar-refractivity contribution is 0.0950. The quantitative estimate of drug-likeness (QED) is 0.641. The fourth-order valence-electron chi connectivity index (χ4n) is 2.91. The molecule has 136 valence electrons. The molecule has 0 aliphatic carbocycles. The Morgan fingerprint density at radius 3 is 2.81 bits per heavy atom. The number of rotatable bonds is 5. The van der Waals surface area contributed by atoms with Gasteiger partial charge < -0.3 is 10.6 Å². The molecule has 0 fully saturated rings. The van der Waals surface area contributed by atoms with E-state index in [9.17, 15) is 9.59 Å². The molecular formula is C18H20ClN5O2. The van der Waals surface area contributed by atoms with Crippen LogP contribution >= 0.6 is 11.6 Å². The van der Waals surface area contributed by atoms with E-state index in [1.807, 2.05) is 26.8 Å². The summed E-state index contributed by atoms with van der Waals surface area (Å²) in [5, 5.41) is 13.0. The Balaban J connectivity index is 1.87. The molecule has 0 aliphatic heterocycles. The van der Waals surface area contributed by atoms with Crippen molar-refractivity contribution >= 4 is 28.7 Å². The highest BCUT2D eigenvalue weighted by molar-refractivity contribution is 6.31. The average Bonchev–Trinajstić information content (AvgIpc) is 3.06. The van der Waals surface area contributed by atoms with Gasteiger partial charge in [-0.2, -0.15) is 5.10 Å². The number of carbonyl (C=O) groups excluding carboxylic acids is 1. The van der Waals surface area contributed by atoms with Crippen molar-refractivity contribution in [2.45, 2.75) is 27.3 Å². The first kappa shape index (κ1) is 18.0. The summed E-state index contributed by atoms with van der Waals surface area (Å²) in [6.45, 7) is 6.52. The Kier molecular flexibility index (Phi) is 4.99. The molecule has 0 aliphatic rings. The molecule has 3 N–H and O–H groups in total. The van der Waals surface area contributed by atoms with Crippen molar-refractivity contribution < 1.29 is 4.79 Å². The Morgan fingerprint density at radius 2 is 2.08 bits per heavy atom. The molecule has 0 unspecified atom stereocenters.